The van der Waals surface area contributed by atoms with Crippen molar-refractivity contribution < 1.29 is 12.8 Å². The van der Waals surface area contributed by atoms with Crippen molar-refractivity contribution in [3.8, 4) is 11.4 Å². The smallest absolute Gasteiger partial charge is 0.213 e. The molecule has 0 radical (unpaired) electrons. The number of fused-ring (bicyclic) bond motifs is 1. The number of hydrogen-bond donors (Lipinski definition) is 0. The average molecular weight is 349 g/mol. The zero-order valence-electron chi connectivity index (χ0n) is 13.8. The zero-order valence-corrected chi connectivity index (χ0v) is 14.6. The van der Waals surface area contributed by atoms with Crippen LogP contribution >= 0.6 is 0 Å². The third kappa shape index (κ3) is 3.32. The van der Waals surface area contributed by atoms with Gasteiger partial charge < -0.3 is 0 Å². The number of hydrogen-bond acceptors (Lipinski definition) is 4. The van der Waals surface area contributed by atoms with E-state index in [1.807, 2.05) is 6.92 Å². The monoisotopic (exact) mass is 349 g/mol. The van der Waals surface area contributed by atoms with Crippen LogP contribution in [0.1, 0.15) is 23.9 Å². The molecule has 0 saturated carbocycles. The maximum Gasteiger partial charge on any atom is 0.213 e. The van der Waals surface area contributed by atoms with Gasteiger partial charge in [-0.05, 0) is 50.1 Å². The maximum absolute atomic E-state index is 13.1. The van der Waals surface area contributed by atoms with Gasteiger partial charge in [-0.25, -0.2) is 27.1 Å². The highest BCUT2D eigenvalue weighted by molar-refractivity contribution is 7.89. The van der Waals surface area contributed by atoms with E-state index in [0.29, 0.717) is 31.8 Å². The molecule has 128 valence electrons. The molecule has 1 aliphatic heterocycles. The van der Waals surface area contributed by atoms with Crippen LogP contribution in [0.4, 0.5) is 4.39 Å². The van der Waals surface area contributed by atoms with E-state index >= 15 is 0 Å². The van der Waals surface area contributed by atoms with Gasteiger partial charge >= 0.3 is 0 Å². The van der Waals surface area contributed by atoms with Crippen LogP contribution in [-0.4, -0.2) is 41.5 Å². The lowest BCUT2D eigenvalue weighted by Gasteiger charge is -2.18. The number of sulfonamides is 1. The standard InChI is InChI=1S/C17H20FN3O2S/c1-3-24(22,23)21-10-8-15-12(2)19-17(20-16(15)9-11-21)13-4-6-14(18)7-5-13/h4-7H,3,8-11H2,1-2H3. The van der Waals surface area contributed by atoms with Gasteiger partial charge in [-0.15, -0.1) is 0 Å². The Morgan fingerprint density at radius 2 is 1.79 bits per heavy atom. The van der Waals surface area contributed by atoms with Crippen LogP contribution in [0.3, 0.4) is 0 Å². The van der Waals surface area contributed by atoms with Crippen LogP contribution in [0, 0.1) is 12.7 Å². The average Bonchev–Trinajstić information content (AvgIpc) is 2.79. The second-order valence-electron chi connectivity index (χ2n) is 5.86. The Morgan fingerprint density at radius 1 is 1.12 bits per heavy atom. The molecule has 0 fully saturated rings. The lowest BCUT2D eigenvalue weighted by Crippen LogP contribution is -2.34. The summed E-state index contributed by atoms with van der Waals surface area (Å²) in [5.41, 5.74) is 3.52. The molecule has 1 aromatic heterocycles. The minimum atomic E-state index is -3.20. The van der Waals surface area contributed by atoms with E-state index in [1.165, 1.54) is 16.4 Å². The molecule has 7 heteroatoms. The van der Waals surface area contributed by atoms with Crippen molar-refractivity contribution in [1.82, 2.24) is 14.3 Å². The molecule has 2 aromatic rings. The third-order valence-electron chi connectivity index (χ3n) is 4.37. The molecule has 0 N–H and O–H groups in total. The van der Waals surface area contributed by atoms with E-state index in [1.54, 1.807) is 19.1 Å². The molecule has 5 nitrogen and oxygen atoms in total. The van der Waals surface area contributed by atoms with Crippen molar-refractivity contribution in [2.24, 2.45) is 0 Å². The molecule has 1 aromatic carbocycles. The number of aryl methyl sites for hydroxylation is 1. The van der Waals surface area contributed by atoms with Crippen molar-refractivity contribution in [3.05, 3.63) is 47.0 Å². The molecule has 0 bridgehead atoms. The first-order valence-electron chi connectivity index (χ1n) is 8.01. The van der Waals surface area contributed by atoms with Crippen molar-refractivity contribution in [1.29, 1.82) is 0 Å². The van der Waals surface area contributed by atoms with Gasteiger partial charge in [-0.2, -0.15) is 0 Å². The molecule has 2 heterocycles. The van der Waals surface area contributed by atoms with Crippen LogP contribution in [0.2, 0.25) is 0 Å². The van der Waals surface area contributed by atoms with E-state index < -0.39 is 10.0 Å². The van der Waals surface area contributed by atoms with Crippen LogP contribution in [0.5, 0.6) is 0 Å². The summed E-state index contributed by atoms with van der Waals surface area (Å²) in [5.74, 6) is 0.359. The number of nitrogens with zero attached hydrogens (tertiary/aromatic N) is 3. The normalized spacial score (nSPS) is 15.8. The summed E-state index contributed by atoms with van der Waals surface area (Å²) in [6, 6.07) is 6.08. The van der Waals surface area contributed by atoms with Gasteiger partial charge in [0.05, 0.1) is 5.75 Å². The first kappa shape index (κ1) is 17.0. The maximum atomic E-state index is 13.1. The van der Waals surface area contributed by atoms with Gasteiger partial charge in [-0.1, -0.05) is 0 Å². The molecule has 3 rings (SSSR count). The molecule has 0 aliphatic carbocycles. The summed E-state index contributed by atoms with van der Waals surface area (Å²) in [4.78, 5) is 9.16. The fourth-order valence-corrected chi connectivity index (χ4v) is 4.06. The number of rotatable bonds is 3. The van der Waals surface area contributed by atoms with E-state index in [-0.39, 0.29) is 11.6 Å². The molecular formula is C17H20FN3O2S. The number of benzene rings is 1. The van der Waals surface area contributed by atoms with Crippen molar-refractivity contribution in [3.63, 3.8) is 0 Å². The van der Waals surface area contributed by atoms with E-state index in [0.717, 1.165) is 22.5 Å². The summed E-state index contributed by atoms with van der Waals surface area (Å²) in [6.07, 6.45) is 1.18. The molecule has 1 aliphatic rings. The predicted molar refractivity (Wildman–Crippen MR) is 90.6 cm³/mol. The van der Waals surface area contributed by atoms with Gasteiger partial charge in [0.25, 0.3) is 0 Å². The van der Waals surface area contributed by atoms with Crippen LogP contribution in [0.25, 0.3) is 11.4 Å². The molecule has 0 saturated heterocycles. The van der Waals surface area contributed by atoms with Gasteiger partial charge in [0.2, 0.25) is 10.0 Å². The van der Waals surface area contributed by atoms with Crippen molar-refractivity contribution in [2.45, 2.75) is 26.7 Å². The summed E-state index contributed by atoms with van der Waals surface area (Å²) < 4.78 is 38.9. The highest BCUT2D eigenvalue weighted by Gasteiger charge is 2.25. The highest BCUT2D eigenvalue weighted by Crippen LogP contribution is 2.23. The Balaban J connectivity index is 1.94. The second-order valence-corrected chi connectivity index (χ2v) is 8.12. The Morgan fingerprint density at radius 3 is 2.46 bits per heavy atom. The minimum absolute atomic E-state index is 0.106. The van der Waals surface area contributed by atoms with Crippen LogP contribution < -0.4 is 0 Å². The first-order valence-corrected chi connectivity index (χ1v) is 9.62. The molecular weight excluding hydrogens is 329 g/mol. The number of aromatic nitrogens is 2. The Bertz CT molecular complexity index is 851. The SMILES string of the molecule is CCS(=O)(=O)N1CCc2nc(-c3ccc(F)cc3)nc(C)c2CC1. The van der Waals surface area contributed by atoms with Gasteiger partial charge in [0, 0.05) is 36.5 Å². The lowest BCUT2D eigenvalue weighted by atomic mass is 10.1. The second kappa shape index (κ2) is 6.57. The quantitative estimate of drug-likeness (QED) is 0.853. The summed E-state index contributed by atoms with van der Waals surface area (Å²) in [5, 5.41) is 0. The Hall–Kier alpha value is -1.86. The fraction of sp³-hybridized carbons (Fsp3) is 0.412. The Labute approximate surface area is 141 Å². The highest BCUT2D eigenvalue weighted by atomic mass is 32.2. The topological polar surface area (TPSA) is 63.2 Å². The van der Waals surface area contributed by atoms with E-state index in [9.17, 15) is 12.8 Å². The van der Waals surface area contributed by atoms with Gasteiger partial charge in [0.1, 0.15) is 5.82 Å². The molecule has 0 amide bonds. The molecule has 0 atom stereocenters. The molecule has 0 spiro atoms. The van der Waals surface area contributed by atoms with E-state index in [4.69, 9.17) is 0 Å². The number of halogens is 1. The van der Waals surface area contributed by atoms with Crippen LogP contribution in [-0.2, 0) is 22.9 Å². The Kier molecular flexibility index (Phi) is 4.64. The lowest BCUT2D eigenvalue weighted by molar-refractivity contribution is 0.427. The van der Waals surface area contributed by atoms with Crippen LogP contribution in [0.15, 0.2) is 24.3 Å². The predicted octanol–water partition coefficient (Wildman–Crippen LogP) is 2.34. The van der Waals surface area contributed by atoms with E-state index in [2.05, 4.69) is 9.97 Å². The zero-order chi connectivity index (χ0) is 17.3. The summed E-state index contributed by atoms with van der Waals surface area (Å²) in [6.45, 7) is 4.47. The van der Waals surface area contributed by atoms with Gasteiger partial charge in [0.15, 0.2) is 5.82 Å². The fourth-order valence-electron chi connectivity index (χ4n) is 2.96. The summed E-state index contributed by atoms with van der Waals surface area (Å²) in [7, 11) is -3.20. The molecule has 0 unspecified atom stereocenters. The minimum Gasteiger partial charge on any atom is -0.233 e. The van der Waals surface area contributed by atoms with Crippen molar-refractivity contribution >= 4 is 10.0 Å². The van der Waals surface area contributed by atoms with Crippen molar-refractivity contribution in [2.75, 3.05) is 18.8 Å². The molecule has 24 heavy (non-hydrogen) atoms. The first-order chi connectivity index (χ1) is 11.4. The summed E-state index contributed by atoms with van der Waals surface area (Å²) >= 11 is 0. The third-order valence-corrected chi connectivity index (χ3v) is 6.25. The van der Waals surface area contributed by atoms with Gasteiger partial charge in [-0.3, -0.25) is 0 Å². The largest absolute Gasteiger partial charge is 0.233 e.